The van der Waals surface area contributed by atoms with Crippen LogP contribution in [0.15, 0.2) is 48.5 Å². The van der Waals surface area contributed by atoms with Crippen LogP contribution in [0.5, 0.6) is 0 Å². The second-order valence-electron chi connectivity index (χ2n) is 8.98. The van der Waals surface area contributed by atoms with Crippen LogP contribution in [0.3, 0.4) is 0 Å². The molecule has 178 valence electrons. The molecule has 6 nitrogen and oxygen atoms in total. The van der Waals surface area contributed by atoms with Crippen molar-refractivity contribution in [2.45, 2.75) is 38.3 Å². The molecule has 0 aromatic heterocycles. The number of rotatable bonds is 4. The Bertz CT molecular complexity index is 984. The Balaban J connectivity index is 1.63. The van der Waals surface area contributed by atoms with Gasteiger partial charge in [0.05, 0.1) is 0 Å². The monoisotopic (exact) mass is 479 g/mol. The van der Waals surface area contributed by atoms with Gasteiger partial charge in [-0.15, -0.1) is 0 Å². The SMILES string of the molecule is CC(C)(C)OC(=O)N1CCN(C(=O)C(N)C(F)(F)c2ccc(-c3ccc(Cl)cc3)cc2)CC1. The first-order valence-corrected chi connectivity index (χ1v) is 11.0. The van der Waals surface area contributed by atoms with Gasteiger partial charge in [-0.1, -0.05) is 48.0 Å². The Morgan fingerprint density at radius 1 is 0.909 bits per heavy atom. The van der Waals surface area contributed by atoms with E-state index in [4.69, 9.17) is 22.1 Å². The maximum absolute atomic E-state index is 15.1. The van der Waals surface area contributed by atoms with E-state index >= 15 is 8.78 Å². The Hall–Kier alpha value is -2.71. The normalized spacial score (nSPS) is 15.8. The minimum absolute atomic E-state index is 0.108. The maximum atomic E-state index is 15.1. The topological polar surface area (TPSA) is 75.9 Å². The van der Waals surface area contributed by atoms with Crippen molar-refractivity contribution in [1.29, 1.82) is 0 Å². The molecule has 2 aromatic carbocycles. The average molecular weight is 480 g/mol. The first-order chi connectivity index (χ1) is 15.4. The van der Waals surface area contributed by atoms with E-state index in [9.17, 15) is 9.59 Å². The molecular formula is C24H28ClF2N3O3. The first-order valence-electron chi connectivity index (χ1n) is 10.6. The number of piperazine rings is 1. The zero-order chi connectivity index (χ0) is 24.4. The van der Waals surface area contributed by atoms with Gasteiger partial charge >= 0.3 is 6.09 Å². The minimum atomic E-state index is -3.56. The van der Waals surface area contributed by atoms with E-state index in [-0.39, 0.29) is 31.7 Å². The lowest BCUT2D eigenvalue weighted by Gasteiger charge is -2.37. The van der Waals surface area contributed by atoms with Crippen molar-refractivity contribution in [2.75, 3.05) is 26.2 Å². The summed E-state index contributed by atoms with van der Waals surface area (Å²) in [6, 6.07) is 10.7. The van der Waals surface area contributed by atoms with Crippen molar-refractivity contribution in [3.8, 4) is 11.1 Å². The van der Waals surface area contributed by atoms with Crippen molar-refractivity contribution in [1.82, 2.24) is 9.80 Å². The number of alkyl halides is 2. The summed E-state index contributed by atoms with van der Waals surface area (Å²) in [6.07, 6.45) is -0.495. The van der Waals surface area contributed by atoms with Crippen molar-refractivity contribution in [2.24, 2.45) is 5.73 Å². The smallest absolute Gasteiger partial charge is 0.410 e. The lowest BCUT2D eigenvalue weighted by Crippen LogP contribution is -2.58. The van der Waals surface area contributed by atoms with Crippen LogP contribution in [-0.2, 0) is 15.5 Å². The Morgan fingerprint density at radius 3 is 1.85 bits per heavy atom. The van der Waals surface area contributed by atoms with E-state index in [0.717, 1.165) is 11.1 Å². The quantitative estimate of drug-likeness (QED) is 0.700. The van der Waals surface area contributed by atoms with Crippen LogP contribution in [0.2, 0.25) is 5.02 Å². The van der Waals surface area contributed by atoms with Gasteiger partial charge in [-0.25, -0.2) is 4.79 Å². The van der Waals surface area contributed by atoms with Crippen molar-refractivity contribution >= 4 is 23.6 Å². The summed E-state index contributed by atoms with van der Waals surface area (Å²) in [7, 11) is 0. The van der Waals surface area contributed by atoms with Gasteiger partial charge in [0.15, 0.2) is 6.04 Å². The molecule has 2 aromatic rings. The molecule has 2 amide bonds. The fraction of sp³-hybridized carbons (Fsp3) is 0.417. The highest BCUT2D eigenvalue weighted by Gasteiger charge is 2.45. The fourth-order valence-electron chi connectivity index (χ4n) is 3.49. The van der Waals surface area contributed by atoms with E-state index < -0.39 is 29.6 Å². The van der Waals surface area contributed by atoms with Crippen molar-refractivity contribution in [3.63, 3.8) is 0 Å². The molecule has 0 bridgehead atoms. The molecule has 1 atom stereocenters. The second-order valence-corrected chi connectivity index (χ2v) is 9.41. The maximum Gasteiger partial charge on any atom is 0.410 e. The number of nitrogens with zero attached hydrogens (tertiary/aromatic N) is 2. The lowest BCUT2D eigenvalue weighted by atomic mass is 9.97. The molecule has 1 fully saturated rings. The fourth-order valence-corrected chi connectivity index (χ4v) is 3.62. The third-order valence-electron chi connectivity index (χ3n) is 5.35. The third kappa shape index (κ3) is 6.00. The zero-order valence-corrected chi connectivity index (χ0v) is 19.6. The summed E-state index contributed by atoms with van der Waals surface area (Å²) in [6.45, 7) is 5.87. The summed E-state index contributed by atoms with van der Waals surface area (Å²) in [5.74, 6) is -4.41. The molecule has 0 aliphatic carbocycles. The highest BCUT2D eigenvalue weighted by molar-refractivity contribution is 6.30. The zero-order valence-electron chi connectivity index (χ0n) is 18.9. The van der Waals surface area contributed by atoms with Gasteiger partial charge in [-0.2, -0.15) is 8.78 Å². The molecule has 9 heteroatoms. The number of amides is 2. The first kappa shape index (κ1) is 24.9. The molecule has 0 saturated carbocycles. The number of halogens is 3. The van der Waals surface area contributed by atoms with Crippen molar-refractivity contribution < 1.29 is 23.1 Å². The number of nitrogens with two attached hydrogens (primary N) is 1. The Labute approximate surface area is 197 Å². The van der Waals surface area contributed by atoms with Crippen LogP contribution in [-0.4, -0.2) is 59.6 Å². The van der Waals surface area contributed by atoms with E-state index in [1.165, 1.54) is 21.9 Å². The van der Waals surface area contributed by atoms with Crippen LogP contribution >= 0.6 is 11.6 Å². The predicted molar refractivity (Wildman–Crippen MR) is 123 cm³/mol. The van der Waals surface area contributed by atoms with Crippen LogP contribution in [0.4, 0.5) is 13.6 Å². The molecule has 1 saturated heterocycles. The Morgan fingerprint density at radius 2 is 1.36 bits per heavy atom. The summed E-state index contributed by atoms with van der Waals surface area (Å²) in [5.41, 5.74) is 6.33. The highest BCUT2D eigenvalue weighted by atomic mass is 35.5. The summed E-state index contributed by atoms with van der Waals surface area (Å²) >= 11 is 5.89. The molecule has 1 heterocycles. The Kier molecular flexibility index (Phi) is 7.29. The van der Waals surface area contributed by atoms with Gasteiger partial charge in [-0.3, -0.25) is 4.79 Å². The lowest BCUT2D eigenvalue weighted by molar-refractivity contribution is -0.144. The highest BCUT2D eigenvalue weighted by Crippen LogP contribution is 2.33. The summed E-state index contributed by atoms with van der Waals surface area (Å²) in [5, 5.41) is 0.582. The van der Waals surface area contributed by atoms with Crippen LogP contribution in [0.1, 0.15) is 26.3 Å². The summed E-state index contributed by atoms with van der Waals surface area (Å²) in [4.78, 5) is 27.6. The van der Waals surface area contributed by atoms with Gasteiger partial charge in [-0.05, 0) is 44.0 Å². The molecule has 2 N–H and O–H groups in total. The molecule has 1 aliphatic rings. The predicted octanol–water partition coefficient (Wildman–Crippen LogP) is 4.51. The molecule has 1 unspecified atom stereocenters. The van der Waals surface area contributed by atoms with Gasteiger partial charge < -0.3 is 20.3 Å². The third-order valence-corrected chi connectivity index (χ3v) is 5.60. The number of carbonyl (C=O) groups excluding carboxylic acids is 2. The standard InChI is InChI=1S/C24H28ClF2N3O3/c1-23(2,3)33-22(32)30-14-12-29(13-15-30)21(31)20(28)24(26,27)18-8-4-16(5-9-18)17-6-10-19(25)11-7-17/h4-11,20H,12-15,28H2,1-3H3. The largest absolute Gasteiger partial charge is 0.444 e. The second kappa shape index (κ2) is 9.65. The van der Waals surface area contributed by atoms with Crippen LogP contribution in [0.25, 0.3) is 11.1 Å². The van der Waals surface area contributed by atoms with Crippen molar-refractivity contribution in [3.05, 3.63) is 59.1 Å². The van der Waals surface area contributed by atoms with E-state index in [1.54, 1.807) is 57.2 Å². The minimum Gasteiger partial charge on any atom is -0.444 e. The van der Waals surface area contributed by atoms with Crippen LogP contribution in [0, 0.1) is 0 Å². The average Bonchev–Trinajstić information content (AvgIpc) is 2.77. The number of hydrogen-bond donors (Lipinski definition) is 1. The van der Waals surface area contributed by atoms with Gasteiger partial charge in [0.1, 0.15) is 5.60 Å². The van der Waals surface area contributed by atoms with E-state index in [2.05, 4.69) is 0 Å². The summed E-state index contributed by atoms with van der Waals surface area (Å²) < 4.78 is 35.4. The number of ether oxygens (including phenoxy) is 1. The number of hydrogen-bond acceptors (Lipinski definition) is 4. The van der Waals surface area contributed by atoms with Gasteiger partial charge in [0, 0.05) is 36.8 Å². The van der Waals surface area contributed by atoms with E-state index in [0.29, 0.717) is 5.02 Å². The van der Waals surface area contributed by atoms with Gasteiger partial charge in [0.25, 0.3) is 5.92 Å². The molecule has 33 heavy (non-hydrogen) atoms. The molecule has 0 radical (unpaired) electrons. The molecule has 1 aliphatic heterocycles. The molecular weight excluding hydrogens is 452 g/mol. The molecule has 0 spiro atoms. The van der Waals surface area contributed by atoms with Gasteiger partial charge in [0.2, 0.25) is 5.91 Å². The van der Waals surface area contributed by atoms with E-state index in [1.807, 2.05) is 0 Å². The number of benzene rings is 2. The molecule has 3 rings (SSSR count). The van der Waals surface area contributed by atoms with Crippen LogP contribution < -0.4 is 5.73 Å². The number of carbonyl (C=O) groups is 2.